The summed E-state index contributed by atoms with van der Waals surface area (Å²) >= 11 is 0. The second-order valence-electron chi connectivity index (χ2n) is 12.8. The van der Waals surface area contributed by atoms with Crippen molar-refractivity contribution >= 4 is 11.8 Å². The number of fused-ring (bicyclic) bond motifs is 1. The van der Waals surface area contributed by atoms with Crippen molar-refractivity contribution in [3.8, 4) is 0 Å². The van der Waals surface area contributed by atoms with E-state index >= 15 is 0 Å². The third-order valence-corrected chi connectivity index (χ3v) is 9.31. The highest BCUT2D eigenvalue weighted by molar-refractivity contribution is 6.21. The van der Waals surface area contributed by atoms with Crippen LogP contribution in [0.15, 0.2) is 115 Å². The molecule has 0 spiro atoms. The number of carbonyl (C=O) groups excluding carboxylic acids is 2. The van der Waals surface area contributed by atoms with Gasteiger partial charge in [0, 0.05) is 13.2 Å². The second kappa shape index (κ2) is 17.6. The highest BCUT2D eigenvalue weighted by Crippen LogP contribution is 2.32. The van der Waals surface area contributed by atoms with Crippen LogP contribution < -0.4 is 0 Å². The second-order valence-corrected chi connectivity index (χ2v) is 12.8. The SMILES string of the molecule is O=C1c2ccccc2C(=O)N1CCCCCCOC1C(O)C(O)C(OCc2ccccc2)C(OCc2ccccc2)C1OCc1ccccc1. The summed E-state index contributed by atoms with van der Waals surface area (Å²) in [4.78, 5) is 26.7. The molecule has 0 radical (unpaired) electrons. The van der Waals surface area contributed by atoms with Crippen LogP contribution in [0.4, 0.5) is 0 Å². The quantitative estimate of drug-likeness (QED) is 0.108. The van der Waals surface area contributed by atoms with Gasteiger partial charge in [-0.3, -0.25) is 14.5 Å². The average molecular weight is 680 g/mol. The van der Waals surface area contributed by atoms with Crippen LogP contribution >= 0.6 is 0 Å². The Bertz CT molecular complexity index is 1620. The maximum Gasteiger partial charge on any atom is 0.261 e. The lowest BCUT2D eigenvalue weighted by Crippen LogP contribution is -2.66. The van der Waals surface area contributed by atoms with Crippen LogP contribution in [-0.2, 0) is 38.8 Å². The fourth-order valence-corrected chi connectivity index (χ4v) is 6.60. The largest absolute Gasteiger partial charge is 0.387 e. The molecule has 1 fully saturated rings. The molecule has 6 atom stereocenters. The lowest BCUT2D eigenvalue weighted by Gasteiger charge is -2.47. The van der Waals surface area contributed by atoms with Crippen LogP contribution in [0.2, 0.25) is 0 Å². The Kier molecular flexibility index (Phi) is 12.6. The monoisotopic (exact) mass is 679 g/mol. The van der Waals surface area contributed by atoms with E-state index < -0.39 is 36.6 Å². The van der Waals surface area contributed by atoms with Crippen LogP contribution in [-0.4, -0.2) is 76.7 Å². The molecule has 1 aliphatic heterocycles. The van der Waals surface area contributed by atoms with Gasteiger partial charge in [0.2, 0.25) is 0 Å². The smallest absolute Gasteiger partial charge is 0.261 e. The summed E-state index contributed by atoms with van der Waals surface area (Å²) < 4.78 is 25.7. The molecule has 2 amide bonds. The Balaban J connectivity index is 1.10. The summed E-state index contributed by atoms with van der Waals surface area (Å²) in [6.07, 6.45) is -2.94. The predicted molar refractivity (Wildman–Crippen MR) is 187 cm³/mol. The molecule has 262 valence electrons. The predicted octanol–water partition coefficient (Wildman–Crippen LogP) is 5.72. The normalized spacial score (nSPS) is 23.3. The first-order chi connectivity index (χ1) is 24.5. The summed E-state index contributed by atoms with van der Waals surface area (Å²) in [5, 5.41) is 23.0. The van der Waals surface area contributed by atoms with Crippen molar-refractivity contribution in [3.05, 3.63) is 143 Å². The van der Waals surface area contributed by atoms with Crippen LogP contribution in [0, 0.1) is 0 Å². The number of nitrogens with zero attached hydrogens (tertiary/aromatic N) is 1. The molecule has 0 bridgehead atoms. The summed E-state index contributed by atoms with van der Waals surface area (Å²) in [7, 11) is 0. The molecule has 6 unspecified atom stereocenters. The van der Waals surface area contributed by atoms with Crippen molar-refractivity contribution in [3.63, 3.8) is 0 Å². The highest BCUT2D eigenvalue weighted by Gasteiger charge is 2.52. The summed E-state index contributed by atoms with van der Waals surface area (Å²) in [5.74, 6) is -0.481. The minimum Gasteiger partial charge on any atom is -0.387 e. The van der Waals surface area contributed by atoms with Gasteiger partial charge < -0.3 is 29.2 Å². The first-order valence-corrected chi connectivity index (χ1v) is 17.4. The number of ether oxygens (including phenoxy) is 4. The molecule has 4 aromatic carbocycles. The molecular formula is C41H45NO8. The Morgan fingerprint density at radius 2 is 0.840 bits per heavy atom. The molecule has 1 saturated carbocycles. The van der Waals surface area contributed by atoms with E-state index in [0.29, 0.717) is 37.1 Å². The molecule has 2 N–H and O–H groups in total. The molecule has 1 heterocycles. The van der Waals surface area contributed by atoms with Crippen LogP contribution in [0.1, 0.15) is 63.1 Å². The summed E-state index contributed by atoms with van der Waals surface area (Å²) in [6.45, 7) is 1.40. The number of imide groups is 1. The van der Waals surface area contributed by atoms with E-state index in [1.165, 1.54) is 4.90 Å². The Morgan fingerprint density at radius 3 is 1.30 bits per heavy atom. The zero-order valence-corrected chi connectivity index (χ0v) is 28.1. The van der Waals surface area contributed by atoms with Gasteiger partial charge >= 0.3 is 0 Å². The molecule has 9 heteroatoms. The number of aliphatic hydroxyl groups excluding tert-OH is 2. The fourth-order valence-electron chi connectivity index (χ4n) is 6.60. The van der Waals surface area contributed by atoms with E-state index in [-0.39, 0.29) is 31.6 Å². The Labute approximate surface area is 293 Å². The van der Waals surface area contributed by atoms with Crippen molar-refractivity contribution < 1.29 is 38.7 Å². The number of carbonyl (C=O) groups is 2. The number of amides is 2. The highest BCUT2D eigenvalue weighted by atomic mass is 16.6. The Hall–Kier alpha value is -4.22. The summed E-state index contributed by atoms with van der Waals surface area (Å²) in [6, 6.07) is 36.1. The first kappa shape index (κ1) is 35.6. The van der Waals surface area contributed by atoms with E-state index in [1.807, 2.05) is 91.0 Å². The van der Waals surface area contributed by atoms with Crippen molar-refractivity contribution in [2.45, 2.75) is 82.1 Å². The van der Waals surface area contributed by atoms with Crippen LogP contribution in [0.5, 0.6) is 0 Å². The Morgan fingerprint density at radius 1 is 0.460 bits per heavy atom. The van der Waals surface area contributed by atoms with Gasteiger partial charge in [-0.15, -0.1) is 0 Å². The molecule has 0 saturated heterocycles. The van der Waals surface area contributed by atoms with Gasteiger partial charge in [0.15, 0.2) is 0 Å². The number of benzene rings is 4. The van der Waals surface area contributed by atoms with Gasteiger partial charge in [-0.05, 0) is 41.7 Å². The molecule has 4 aromatic rings. The van der Waals surface area contributed by atoms with Gasteiger partial charge in [0.25, 0.3) is 11.8 Å². The van der Waals surface area contributed by atoms with E-state index in [1.54, 1.807) is 24.3 Å². The van der Waals surface area contributed by atoms with Crippen LogP contribution in [0.25, 0.3) is 0 Å². The van der Waals surface area contributed by atoms with E-state index in [0.717, 1.165) is 29.5 Å². The molecule has 6 rings (SSSR count). The van der Waals surface area contributed by atoms with Gasteiger partial charge in [0.1, 0.15) is 36.6 Å². The maximum atomic E-state index is 12.7. The number of aliphatic hydroxyl groups is 2. The molecule has 2 aliphatic rings. The number of hydrogen-bond donors (Lipinski definition) is 2. The number of unbranched alkanes of at least 4 members (excludes halogenated alkanes) is 3. The van der Waals surface area contributed by atoms with Gasteiger partial charge in [-0.25, -0.2) is 0 Å². The molecule has 1 aliphatic carbocycles. The van der Waals surface area contributed by atoms with Crippen molar-refractivity contribution in [2.75, 3.05) is 13.2 Å². The first-order valence-electron chi connectivity index (χ1n) is 17.4. The number of rotatable bonds is 17. The molecule has 50 heavy (non-hydrogen) atoms. The van der Waals surface area contributed by atoms with Gasteiger partial charge in [-0.2, -0.15) is 0 Å². The summed E-state index contributed by atoms with van der Waals surface area (Å²) in [5.41, 5.74) is 3.76. The minimum atomic E-state index is -1.29. The van der Waals surface area contributed by atoms with Crippen molar-refractivity contribution in [1.29, 1.82) is 0 Å². The molecular weight excluding hydrogens is 634 g/mol. The topological polar surface area (TPSA) is 115 Å². The average Bonchev–Trinajstić information content (AvgIpc) is 3.40. The zero-order valence-electron chi connectivity index (χ0n) is 28.1. The maximum absolute atomic E-state index is 12.7. The van der Waals surface area contributed by atoms with Gasteiger partial charge in [0.05, 0.1) is 30.9 Å². The minimum absolute atomic E-state index is 0.220. The third-order valence-electron chi connectivity index (χ3n) is 9.31. The van der Waals surface area contributed by atoms with Crippen molar-refractivity contribution in [2.24, 2.45) is 0 Å². The fraction of sp³-hybridized carbons (Fsp3) is 0.366. The van der Waals surface area contributed by atoms with E-state index in [2.05, 4.69) is 0 Å². The zero-order chi connectivity index (χ0) is 34.7. The number of hydrogen-bond acceptors (Lipinski definition) is 8. The molecule has 0 aromatic heterocycles. The molecule has 9 nitrogen and oxygen atoms in total. The van der Waals surface area contributed by atoms with Gasteiger partial charge in [-0.1, -0.05) is 116 Å². The van der Waals surface area contributed by atoms with Crippen LogP contribution in [0.3, 0.4) is 0 Å². The third kappa shape index (κ3) is 8.73. The van der Waals surface area contributed by atoms with Crippen molar-refractivity contribution in [1.82, 2.24) is 4.90 Å². The lowest BCUT2D eigenvalue weighted by molar-refractivity contribution is -0.272. The standard InChI is InChI=1S/C41H45NO8/c43-34-35(44)37(48-26-29-16-6-3-7-17-29)39(50-28-31-20-10-5-11-21-31)38(49-27-30-18-8-4-9-19-30)36(34)47-25-15-2-1-14-24-42-40(45)32-22-12-13-23-33(32)41(42)46/h3-13,16-23,34-39,43-44H,1-2,14-15,24-28H2. The lowest BCUT2D eigenvalue weighted by atomic mass is 9.84. The van der Waals surface area contributed by atoms with E-state index in [9.17, 15) is 19.8 Å². The van der Waals surface area contributed by atoms with E-state index in [4.69, 9.17) is 18.9 Å².